The molecule has 1 rings (SSSR count). The first kappa shape index (κ1) is 6.07. The van der Waals surface area contributed by atoms with Crippen LogP contribution >= 0.6 is 0 Å². The molecular weight excluding hydrogens is 120 g/mol. The zero-order chi connectivity index (χ0) is 6.91. The van der Waals surface area contributed by atoms with Crippen LogP contribution in [0, 0.1) is 0 Å². The zero-order valence-corrected chi connectivity index (χ0v) is 5.09. The molecule has 1 aliphatic rings. The molecule has 4 heteroatoms. The third-order valence-electron chi connectivity index (χ3n) is 1.35. The van der Waals surface area contributed by atoms with E-state index in [0.29, 0.717) is 6.54 Å². The number of hydrogen-bond donors (Lipinski definition) is 2. The van der Waals surface area contributed by atoms with E-state index in [1.165, 1.54) is 6.34 Å². The van der Waals surface area contributed by atoms with Crippen molar-refractivity contribution in [2.75, 3.05) is 6.54 Å². The summed E-state index contributed by atoms with van der Waals surface area (Å²) in [5, 5.41) is 11.2. The van der Waals surface area contributed by atoms with Gasteiger partial charge in [-0.3, -0.25) is 4.99 Å². The van der Waals surface area contributed by atoms with Gasteiger partial charge in [0, 0.05) is 0 Å². The first-order valence-corrected chi connectivity index (χ1v) is 2.64. The molecule has 0 aliphatic carbocycles. The highest BCUT2D eigenvalue weighted by Gasteiger charge is 2.34. The smallest absolute Gasteiger partial charge is 0.331 e. The van der Waals surface area contributed by atoms with E-state index in [2.05, 4.69) is 10.3 Å². The molecule has 0 fully saturated rings. The summed E-state index contributed by atoms with van der Waals surface area (Å²) < 4.78 is 0. The monoisotopic (exact) mass is 128 g/mol. The van der Waals surface area contributed by atoms with Crippen LogP contribution in [0.25, 0.3) is 0 Å². The highest BCUT2D eigenvalue weighted by Crippen LogP contribution is 2.06. The second-order valence-electron chi connectivity index (χ2n) is 2.25. The van der Waals surface area contributed by atoms with Crippen LogP contribution in [0.5, 0.6) is 0 Å². The quantitative estimate of drug-likeness (QED) is 0.498. The topological polar surface area (TPSA) is 61.7 Å². The summed E-state index contributed by atoms with van der Waals surface area (Å²) in [6, 6.07) is 0. The molecule has 0 aromatic rings. The number of rotatable bonds is 1. The van der Waals surface area contributed by atoms with Gasteiger partial charge in [0.1, 0.15) is 0 Å². The predicted octanol–water partition coefficient (Wildman–Crippen LogP) is -0.539. The summed E-state index contributed by atoms with van der Waals surface area (Å²) in [5.41, 5.74) is -0.861. The Morgan fingerprint density at radius 1 is 2.00 bits per heavy atom. The van der Waals surface area contributed by atoms with Crippen molar-refractivity contribution < 1.29 is 9.90 Å². The molecule has 50 valence electrons. The summed E-state index contributed by atoms with van der Waals surface area (Å²) in [6.07, 6.45) is 1.42. The number of aliphatic carboxylic acids is 1. The van der Waals surface area contributed by atoms with E-state index < -0.39 is 11.5 Å². The van der Waals surface area contributed by atoms with E-state index in [9.17, 15) is 4.79 Å². The van der Waals surface area contributed by atoms with E-state index >= 15 is 0 Å². The van der Waals surface area contributed by atoms with Crippen molar-refractivity contribution in [3.63, 3.8) is 0 Å². The van der Waals surface area contributed by atoms with Gasteiger partial charge in [-0.25, -0.2) is 4.79 Å². The van der Waals surface area contributed by atoms with E-state index in [-0.39, 0.29) is 0 Å². The Balaban J connectivity index is 2.66. The van der Waals surface area contributed by atoms with Crippen LogP contribution in [0.15, 0.2) is 4.99 Å². The standard InChI is InChI=1S/C5H8N2O2/c1-5(4(8)9)2-6-3-7-5/h3H,2H2,1H3,(H,6,7)(H,8,9). The number of nitrogens with zero attached hydrogens (tertiary/aromatic N) is 1. The van der Waals surface area contributed by atoms with Crippen molar-refractivity contribution in [1.82, 2.24) is 5.32 Å². The molecule has 0 spiro atoms. The number of carboxylic acids is 1. The van der Waals surface area contributed by atoms with Gasteiger partial charge < -0.3 is 10.4 Å². The minimum Gasteiger partial charge on any atom is -0.479 e. The summed E-state index contributed by atoms with van der Waals surface area (Å²) in [4.78, 5) is 14.1. The van der Waals surface area contributed by atoms with Crippen molar-refractivity contribution in [2.24, 2.45) is 4.99 Å². The van der Waals surface area contributed by atoms with Crippen LogP contribution in [0.3, 0.4) is 0 Å². The van der Waals surface area contributed by atoms with E-state index in [4.69, 9.17) is 5.11 Å². The van der Waals surface area contributed by atoms with Gasteiger partial charge in [-0.05, 0) is 6.92 Å². The lowest BCUT2D eigenvalue weighted by atomic mass is 10.1. The fourth-order valence-corrected chi connectivity index (χ4v) is 0.591. The minimum atomic E-state index is -0.861. The van der Waals surface area contributed by atoms with Crippen molar-refractivity contribution >= 4 is 12.3 Å². The molecule has 0 bridgehead atoms. The van der Waals surface area contributed by atoms with Gasteiger partial charge in [0.15, 0.2) is 5.54 Å². The average molecular weight is 128 g/mol. The third-order valence-corrected chi connectivity index (χ3v) is 1.35. The van der Waals surface area contributed by atoms with Gasteiger partial charge in [0.05, 0.1) is 12.9 Å². The second kappa shape index (κ2) is 1.72. The normalized spacial score (nSPS) is 32.1. The lowest BCUT2D eigenvalue weighted by molar-refractivity contribution is -0.142. The van der Waals surface area contributed by atoms with Crippen molar-refractivity contribution in [2.45, 2.75) is 12.5 Å². The Morgan fingerprint density at radius 2 is 2.67 bits per heavy atom. The largest absolute Gasteiger partial charge is 0.479 e. The third kappa shape index (κ3) is 0.872. The number of hydrogen-bond acceptors (Lipinski definition) is 3. The van der Waals surface area contributed by atoms with Crippen molar-refractivity contribution in [3.8, 4) is 0 Å². The van der Waals surface area contributed by atoms with Crippen LogP contribution in [0.1, 0.15) is 6.92 Å². The predicted molar refractivity (Wildman–Crippen MR) is 32.5 cm³/mol. The molecule has 0 aromatic carbocycles. The number of carbonyl (C=O) groups is 1. The maximum atomic E-state index is 10.4. The van der Waals surface area contributed by atoms with Crippen molar-refractivity contribution in [3.05, 3.63) is 0 Å². The van der Waals surface area contributed by atoms with Crippen LogP contribution in [-0.2, 0) is 4.79 Å². The number of carboxylic acid groups (broad SMARTS) is 1. The van der Waals surface area contributed by atoms with Crippen LogP contribution in [0.2, 0.25) is 0 Å². The Morgan fingerprint density at radius 3 is 2.89 bits per heavy atom. The Hall–Kier alpha value is -1.06. The molecule has 1 atom stereocenters. The Labute approximate surface area is 52.6 Å². The summed E-state index contributed by atoms with van der Waals surface area (Å²) in [7, 11) is 0. The first-order chi connectivity index (χ1) is 4.15. The van der Waals surface area contributed by atoms with E-state index in [0.717, 1.165) is 0 Å². The fraction of sp³-hybridized carbons (Fsp3) is 0.600. The molecule has 0 saturated carbocycles. The summed E-state index contributed by atoms with van der Waals surface area (Å²) >= 11 is 0. The maximum Gasteiger partial charge on any atom is 0.331 e. The van der Waals surface area contributed by atoms with Gasteiger partial charge >= 0.3 is 5.97 Å². The van der Waals surface area contributed by atoms with Crippen LogP contribution in [0.4, 0.5) is 0 Å². The molecule has 0 radical (unpaired) electrons. The zero-order valence-electron chi connectivity index (χ0n) is 5.09. The molecule has 4 nitrogen and oxygen atoms in total. The van der Waals surface area contributed by atoms with Gasteiger partial charge in [-0.2, -0.15) is 0 Å². The molecule has 1 heterocycles. The molecule has 0 saturated heterocycles. The molecule has 2 N–H and O–H groups in total. The highest BCUT2D eigenvalue weighted by atomic mass is 16.4. The molecule has 9 heavy (non-hydrogen) atoms. The molecule has 1 aliphatic heterocycles. The number of nitrogens with one attached hydrogen (secondary N) is 1. The molecule has 1 unspecified atom stereocenters. The van der Waals surface area contributed by atoms with E-state index in [1.54, 1.807) is 6.92 Å². The van der Waals surface area contributed by atoms with Gasteiger partial charge in [0.2, 0.25) is 0 Å². The molecule has 0 aromatic heterocycles. The average Bonchev–Trinajstić information content (AvgIpc) is 2.16. The molecule has 0 amide bonds. The van der Waals surface area contributed by atoms with Crippen molar-refractivity contribution in [1.29, 1.82) is 0 Å². The van der Waals surface area contributed by atoms with Crippen LogP contribution in [-0.4, -0.2) is 29.5 Å². The Bertz CT molecular complexity index is 156. The lowest BCUT2D eigenvalue weighted by Gasteiger charge is -2.16. The lowest BCUT2D eigenvalue weighted by Crippen LogP contribution is -2.47. The van der Waals surface area contributed by atoms with Gasteiger partial charge in [0.25, 0.3) is 0 Å². The Kier molecular flexibility index (Phi) is 1.16. The first-order valence-electron chi connectivity index (χ1n) is 2.64. The molecular formula is C5H8N2O2. The summed E-state index contributed by atoms with van der Waals surface area (Å²) in [6.45, 7) is 1.92. The van der Waals surface area contributed by atoms with Gasteiger partial charge in [-0.1, -0.05) is 0 Å². The van der Waals surface area contributed by atoms with Gasteiger partial charge in [-0.15, -0.1) is 0 Å². The fourth-order valence-electron chi connectivity index (χ4n) is 0.591. The summed E-state index contributed by atoms with van der Waals surface area (Å²) in [5.74, 6) is -0.861. The number of aliphatic imine (C=N–C) groups is 1. The maximum absolute atomic E-state index is 10.4. The second-order valence-corrected chi connectivity index (χ2v) is 2.25. The minimum absolute atomic E-state index is 0.322. The van der Waals surface area contributed by atoms with Crippen LogP contribution < -0.4 is 5.32 Å². The SMILES string of the molecule is CC1(C(=O)O)CN=CN1. The highest BCUT2D eigenvalue weighted by molar-refractivity contribution is 5.83. The van der Waals surface area contributed by atoms with E-state index in [1.807, 2.05) is 0 Å².